The highest BCUT2D eigenvalue weighted by Gasteiger charge is 2.31. The second kappa shape index (κ2) is 15.7. The van der Waals surface area contributed by atoms with Crippen LogP contribution in [0.25, 0.3) is 17.0 Å². The molecular formula is C45H55ClN10. The van der Waals surface area contributed by atoms with Gasteiger partial charge >= 0.3 is 0 Å². The van der Waals surface area contributed by atoms with Crippen LogP contribution >= 0.6 is 11.6 Å². The first kappa shape index (κ1) is 37.7. The highest BCUT2D eigenvalue weighted by molar-refractivity contribution is 6.32. The summed E-state index contributed by atoms with van der Waals surface area (Å²) >= 11 is 6.67. The molecule has 4 aromatic rings. The minimum absolute atomic E-state index is 0.197. The van der Waals surface area contributed by atoms with Gasteiger partial charge < -0.3 is 30.7 Å². The fourth-order valence-electron chi connectivity index (χ4n) is 9.16. The van der Waals surface area contributed by atoms with Crippen LogP contribution in [0.3, 0.4) is 0 Å². The highest BCUT2D eigenvalue weighted by atomic mass is 35.5. The molecule has 2 unspecified atom stereocenters. The van der Waals surface area contributed by atoms with Crippen molar-refractivity contribution in [3.8, 4) is 0 Å². The SMILES string of the molecule is C=C(CCC1=Cc2cc(Nc3nc(N4CCC(CC5CCN(c6cccc7c(C8CCC(=C)NC8=C)nn(C)c67)C5)CC4)ncc3Cl)ccc2N(C)C1=C)NC. The second-order valence-electron chi connectivity index (χ2n) is 16.1. The number of nitrogens with one attached hydrogen (secondary N) is 3. The molecule has 6 heterocycles. The first-order chi connectivity index (χ1) is 27.1. The third kappa shape index (κ3) is 7.51. The van der Waals surface area contributed by atoms with Crippen molar-refractivity contribution in [2.45, 2.75) is 57.3 Å². The monoisotopic (exact) mass is 770 g/mol. The molecule has 10 nitrogen and oxygen atoms in total. The van der Waals surface area contributed by atoms with Gasteiger partial charge in [0.2, 0.25) is 5.95 Å². The summed E-state index contributed by atoms with van der Waals surface area (Å²) in [4.78, 5) is 16.7. The Balaban J connectivity index is 0.882. The van der Waals surface area contributed by atoms with Gasteiger partial charge in [-0.3, -0.25) is 4.68 Å². The number of rotatable bonds is 11. The van der Waals surface area contributed by atoms with Crippen LogP contribution in [0.2, 0.25) is 5.02 Å². The van der Waals surface area contributed by atoms with Crippen LogP contribution in [0, 0.1) is 11.8 Å². The minimum Gasteiger partial charge on any atom is -0.392 e. The molecule has 3 fully saturated rings. The smallest absolute Gasteiger partial charge is 0.227 e. The van der Waals surface area contributed by atoms with Gasteiger partial charge in [-0.2, -0.15) is 10.1 Å². The Kier molecular flexibility index (Phi) is 10.6. The van der Waals surface area contributed by atoms with Gasteiger partial charge in [-0.1, -0.05) is 50.0 Å². The summed E-state index contributed by atoms with van der Waals surface area (Å²) in [5, 5.41) is 16.8. The van der Waals surface area contributed by atoms with Gasteiger partial charge in [-0.25, -0.2) is 4.98 Å². The van der Waals surface area contributed by atoms with Crippen molar-refractivity contribution >= 4 is 57.4 Å². The van der Waals surface area contributed by atoms with Gasteiger partial charge in [0, 0.05) is 98.4 Å². The van der Waals surface area contributed by atoms with Crippen LogP contribution in [0.15, 0.2) is 97.3 Å². The molecule has 3 saturated heterocycles. The van der Waals surface area contributed by atoms with Crippen LogP contribution in [-0.2, 0) is 7.05 Å². The molecule has 4 aliphatic heterocycles. The lowest BCUT2D eigenvalue weighted by atomic mass is 9.87. The van der Waals surface area contributed by atoms with E-state index in [1.54, 1.807) is 6.20 Å². The molecule has 0 amide bonds. The Hall–Kier alpha value is -5.22. The predicted molar refractivity (Wildman–Crippen MR) is 234 cm³/mol. The van der Waals surface area contributed by atoms with Crippen molar-refractivity contribution < 1.29 is 0 Å². The zero-order valence-corrected chi connectivity index (χ0v) is 33.9. The predicted octanol–water partition coefficient (Wildman–Crippen LogP) is 9.25. The van der Waals surface area contributed by atoms with Crippen LogP contribution in [0.1, 0.15) is 68.5 Å². The van der Waals surface area contributed by atoms with Crippen LogP contribution < -0.4 is 30.7 Å². The van der Waals surface area contributed by atoms with Gasteiger partial charge in [0.1, 0.15) is 5.02 Å². The van der Waals surface area contributed by atoms with E-state index in [0.29, 0.717) is 22.7 Å². The summed E-state index contributed by atoms with van der Waals surface area (Å²) in [5.74, 6) is 2.92. The lowest BCUT2D eigenvalue weighted by Crippen LogP contribution is -2.35. The van der Waals surface area contributed by atoms with Crippen LogP contribution in [0.5, 0.6) is 0 Å². The number of anilines is 5. The van der Waals surface area contributed by atoms with Crippen LogP contribution in [0.4, 0.5) is 28.8 Å². The van der Waals surface area contributed by atoms with Crippen molar-refractivity contribution in [2.75, 3.05) is 60.3 Å². The third-order valence-corrected chi connectivity index (χ3v) is 12.7. The number of para-hydroxylation sites is 1. The largest absolute Gasteiger partial charge is 0.392 e. The molecule has 2 atom stereocenters. The summed E-state index contributed by atoms with van der Waals surface area (Å²) in [5.41, 5.74) is 12.1. The number of aryl methyl sites for hydroxylation is 1. The maximum Gasteiger partial charge on any atom is 0.227 e. The maximum atomic E-state index is 6.67. The molecule has 0 spiro atoms. The van der Waals surface area contributed by atoms with E-state index >= 15 is 0 Å². The van der Waals surface area contributed by atoms with Crippen molar-refractivity contribution in [3.05, 3.63) is 114 Å². The first-order valence-corrected chi connectivity index (χ1v) is 20.5. The van der Waals surface area contributed by atoms with E-state index in [4.69, 9.17) is 21.7 Å². The number of hydrogen-bond donors (Lipinski definition) is 3. The topological polar surface area (TPSA) is 89.4 Å². The molecule has 0 saturated carbocycles. The Morgan fingerprint density at radius 2 is 1.77 bits per heavy atom. The Labute approximate surface area is 336 Å². The molecule has 4 aliphatic rings. The summed E-state index contributed by atoms with van der Waals surface area (Å²) in [6.45, 7) is 20.9. The molecule has 2 aromatic heterocycles. The Bertz CT molecular complexity index is 2230. The number of nitrogens with zero attached hydrogens (tertiary/aromatic N) is 7. The summed E-state index contributed by atoms with van der Waals surface area (Å²) in [6.07, 6.45) is 12.4. The lowest BCUT2D eigenvalue weighted by Gasteiger charge is -2.33. The zero-order chi connectivity index (χ0) is 39.1. The molecular weight excluding hydrogens is 716 g/mol. The van der Waals surface area contributed by atoms with E-state index in [9.17, 15) is 0 Å². The number of fused-ring (bicyclic) bond motifs is 2. The van der Waals surface area contributed by atoms with Gasteiger partial charge in [0.25, 0.3) is 0 Å². The van der Waals surface area contributed by atoms with E-state index in [1.165, 1.54) is 35.0 Å². The van der Waals surface area contributed by atoms with E-state index in [2.05, 4.69) is 123 Å². The molecule has 8 rings (SSSR count). The number of aromatic nitrogens is 4. The van der Waals surface area contributed by atoms with Crippen molar-refractivity contribution in [1.29, 1.82) is 0 Å². The van der Waals surface area contributed by atoms with Gasteiger partial charge in [0.05, 0.1) is 23.1 Å². The third-order valence-electron chi connectivity index (χ3n) is 12.4. The highest BCUT2D eigenvalue weighted by Crippen LogP contribution is 2.41. The molecule has 2 aromatic carbocycles. The van der Waals surface area contributed by atoms with Crippen molar-refractivity contribution in [3.63, 3.8) is 0 Å². The number of hydrogen-bond acceptors (Lipinski definition) is 9. The van der Waals surface area contributed by atoms with Gasteiger partial charge in [0.15, 0.2) is 5.82 Å². The average molecular weight is 771 g/mol. The average Bonchev–Trinajstić information content (AvgIpc) is 3.80. The summed E-state index contributed by atoms with van der Waals surface area (Å²) in [7, 11) is 6.06. The fourth-order valence-corrected chi connectivity index (χ4v) is 9.30. The zero-order valence-electron chi connectivity index (χ0n) is 33.2. The summed E-state index contributed by atoms with van der Waals surface area (Å²) < 4.78 is 2.08. The number of benzene rings is 2. The van der Waals surface area contributed by atoms with Gasteiger partial charge in [-0.15, -0.1) is 0 Å². The first-order valence-electron chi connectivity index (χ1n) is 20.1. The molecule has 11 heteroatoms. The number of likely N-dealkylation sites (N-methyl/N-ethyl adjacent to an activating group) is 1. The quantitative estimate of drug-likeness (QED) is 0.138. The number of allylic oxidation sites excluding steroid dienone is 4. The maximum absolute atomic E-state index is 6.67. The normalized spacial score (nSPS) is 20.3. The Morgan fingerprint density at radius 3 is 2.55 bits per heavy atom. The second-order valence-corrected chi connectivity index (χ2v) is 16.5. The summed E-state index contributed by atoms with van der Waals surface area (Å²) in [6, 6.07) is 13.0. The standard InChI is InChI=1S/C45H55ClN10/c1-28(47-5)11-13-34-24-35-25-36(14-16-40(35)53(6)31(34)4)50-44-39(46)26-48-45(51-44)55-20-17-32(18-21-55)23-33-19-22-56(27-33)41-10-8-9-38-42(52-54(7)43(38)41)37-15-12-29(2)49-30(37)3/h8-10,14,16,24-26,32-33,37,47,49H,1-4,11-13,15,17-23,27H2,5-7H3,(H,48,50,51). The van der Waals surface area contributed by atoms with Crippen molar-refractivity contribution in [1.82, 2.24) is 30.4 Å². The molecule has 3 N–H and O–H groups in total. The van der Waals surface area contributed by atoms with E-state index in [-0.39, 0.29) is 5.92 Å². The molecule has 56 heavy (non-hydrogen) atoms. The fraction of sp³-hybridized carbons (Fsp3) is 0.400. The molecule has 0 radical (unpaired) electrons. The minimum atomic E-state index is 0.197. The molecule has 0 aliphatic carbocycles. The number of halogens is 1. The number of piperidine rings is 2. The Morgan fingerprint density at radius 1 is 0.982 bits per heavy atom. The lowest BCUT2D eigenvalue weighted by molar-refractivity contribution is 0.326. The van der Waals surface area contributed by atoms with E-state index in [1.807, 2.05) is 7.05 Å². The van der Waals surface area contributed by atoms with E-state index < -0.39 is 0 Å². The molecule has 292 valence electrons. The van der Waals surface area contributed by atoms with E-state index in [0.717, 1.165) is 116 Å². The van der Waals surface area contributed by atoms with Gasteiger partial charge in [-0.05, 0) is 99.1 Å². The van der Waals surface area contributed by atoms with Crippen molar-refractivity contribution in [2.24, 2.45) is 18.9 Å². The molecule has 0 bridgehead atoms. The van der Waals surface area contributed by atoms with Crippen LogP contribution in [-0.4, -0.2) is 60.0 Å².